The Morgan fingerprint density at radius 2 is 1.93 bits per heavy atom. The third-order valence-electron chi connectivity index (χ3n) is 2.37. The lowest BCUT2D eigenvalue weighted by atomic mass is 9.99. The smallest absolute Gasteiger partial charge is 0.121 e. The fraction of sp³-hybridized carbons (Fsp3) is 0.462. The quantitative estimate of drug-likeness (QED) is 0.818. The molecule has 2 heteroatoms. The molecule has 0 amide bonds. The van der Waals surface area contributed by atoms with Crippen LogP contribution in [-0.2, 0) is 0 Å². The van der Waals surface area contributed by atoms with Crippen molar-refractivity contribution in [3.63, 3.8) is 0 Å². The third-order valence-corrected chi connectivity index (χ3v) is 2.37. The number of nitrogens with one attached hydrogen (secondary N) is 1. The Labute approximate surface area is 91.9 Å². The molecule has 15 heavy (non-hydrogen) atoms. The van der Waals surface area contributed by atoms with Crippen LogP contribution in [0.5, 0.6) is 0 Å². The number of aryl methyl sites for hydroxylation is 2. The molecule has 0 fully saturated rings. The van der Waals surface area contributed by atoms with E-state index >= 15 is 0 Å². The maximum atomic E-state index is 9.11. The predicted octanol–water partition coefficient (Wildman–Crippen LogP) is 2.87. The molecule has 1 atom stereocenters. The summed E-state index contributed by atoms with van der Waals surface area (Å²) in [7, 11) is 0. The molecule has 1 rings (SSSR count). The maximum Gasteiger partial charge on any atom is 0.121 e. The van der Waals surface area contributed by atoms with Crippen molar-refractivity contribution in [2.45, 2.75) is 39.8 Å². The van der Waals surface area contributed by atoms with E-state index in [-0.39, 0.29) is 6.04 Å². The van der Waals surface area contributed by atoms with Gasteiger partial charge in [-0.3, -0.25) is 5.32 Å². The molecule has 0 radical (unpaired) electrons. The first-order valence-corrected chi connectivity index (χ1v) is 5.27. The first-order chi connectivity index (χ1) is 7.04. The lowest BCUT2D eigenvalue weighted by molar-refractivity contribution is 0.544. The highest BCUT2D eigenvalue weighted by Gasteiger charge is 2.13. The molecule has 0 aliphatic carbocycles. The van der Waals surface area contributed by atoms with Gasteiger partial charge in [0.05, 0.1) is 6.07 Å². The second kappa shape index (κ2) is 4.95. The van der Waals surface area contributed by atoms with Crippen LogP contribution in [0.3, 0.4) is 0 Å². The molecule has 0 spiro atoms. The molecule has 0 bridgehead atoms. The minimum atomic E-state index is -0.203. The molecule has 1 aromatic carbocycles. The van der Waals surface area contributed by atoms with Crippen LogP contribution in [0.2, 0.25) is 0 Å². The van der Waals surface area contributed by atoms with Crippen LogP contribution in [0.25, 0.3) is 0 Å². The summed E-state index contributed by atoms with van der Waals surface area (Å²) in [5.74, 6) is 0. The average Bonchev–Trinajstić information content (AvgIpc) is 2.14. The third kappa shape index (κ3) is 3.07. The van der Waals surface area contributed by atoms with Crippen LogP contribution in [-0.4, -0.2) is 6.04 Å². The van der Waals surface area contributed by atoms with Crippen molar-refractivity contribution in [1.82, 2.24) is 5.32 Å². The SMILES string of the molecule is Cc1ccc(C(C#N)NC(C)C)c(C)c1. The largest absolute Gasteiger partial charge is 0.296 e. The number of rotatable bonds is 3. The van der Waals surface area contributed by atoms with Crippen molar-refractivity contribution in [3.05, 3.63) is 34.9 Å². The molecule has 0 saturated carbocycles. The molecule has 1 aromatic rings. The van der Waals surface area contributed by atoms with Gasteiger partial charge in [-0.25, -0.2) is 0 Å². The van der Waals surface area contributed by atoms with Gasteiger partial charge < -0.3 is 0 Å². The summed E-state index contributed by atoms with van der Waals surface area (Å²) < 4.78 is 0. The molecular formula is C13H18N2. The van der Waals surface area contributed by atoms with E-state index in [1.807, 2.05) is 19.9 Å². The molecule has 0 aliphatic rings. The van der Waals surface area contributed by atoms with Gasteiger partial charge in [0.1, 0.15) is 6.04 Å². The summed E-state index contributed by atoms with van der Waals surface area (Å²) in [6, 6.07) is 8.61. The van der Waals surface area contributed by atoms with E-state index in [2.05, 4.69) is 37.4 Å². The van der Waals surface area contributed by atoms with Crippen LogP contribution in [0, 0.1) is 25.2 Å². The van der Waals surface area contributed by atoms with Crippen LogP contribution in [0.15, 0.2) is 18.2 Å². The minimum absolute atomic E-state index is 0.203. The number of hydrogen-bond donors (Lipinski definition) is 1. The van der Waals surface area contributed by atoms with Crippen molar-refractivity contribution < 1.29 is 0 Å². The highest BCUT2D eigenvalue weighted by Crippen LogP contribution is 2.18. The Morgan fingerprint density at radius 3 is 2.40 bits per heavy atom. The molecule has 1 unspecified atom stereocenters. The summed E-state index contributed by atoms with van der Waals surface area (Å²) in [4.78, 5) is 0. The molecule has 0 heterocycles. The Balaban J connectivity index is 2.98. The first kappa shape index (κ1) is 11.7. The highest BCUT2D eigenvalue weighted by atomic mass is 14.9. The maximum absolute atomic E-state index is 9.11. The summed E-state index contributed by atoms with van der Waals surface area (Å²) in [5.41, 5.74) is 3.49. The van der Waals surface area contributed by atoms with Gasteiger partial charge in [-0.05, 0) is 38.8 Å². The van der Waals surface area contributed by atoms with Crippen molar-refractivity contribution >= 4 is 0 Å². The minimum Gasteiger partial charge on any atom is -0.296 e. The predicted molar refractivity (Wildman–Crippen MR) is 62.5 cm³/mol. The van der Waals surface area contributed by atoms with Crippen LogP contribution < -0.4 is 5.32 Å². The Hall–Kier alpha value is -1.33. The fourth-order valence-electron chi connectivity index (χ4n) is 1.68. The molecule has 0 aliphatic heterocycles. The average molecular weight is 202 g/mol. The lowest BCUT2D eigenvalue weighted by Gasteiger charge is -2.17. The van der Waals surface area contributed by atoms with Gasteiger partial charge in [0.2, 0.25) is 0 Å². The first-order valence-electron chi connectivity index (χ1n) is 5.27. The molecule has 2 nitrogen and oxygen atoms in total. The summed E-state index contributed by atoms with van der Waals surface area (Å²) in [6.45, 7) is 8.21. The van der Waals surface area contributed by atoms with Gasteiger partial charge in [-0.2, -0.15) is 5.26 Å². The number of nitrogens with zero attached hydrogens (tertiary/aromatic N) is 1. The molecule has 80 valence electrons. The second-order valence-corrected chi connectivity index (χ2v) is 4.24. The van der Waals surface area contributed by atoms with Crippen LogP contribution in [0.1, 0.15) is 36.6 Å². The van der Waals surface area contributed by atoms with E-state index < -0.39 is 0 Å². The summed E-state index contributed by atoms with van der Waals surface area (Å²) in [5, 5.41) is 12.4. The Morgan fingerprint density at radius 1 is 1.27 bits per heavy atom. The van der Waals surface area contributed by atoms with Crippen molar-refractivity contribution in [2.75, 3.05) is 0 Å². The number of nitriles is 1. The fourth-order valence-corrected chi connectivity index (χ4v) is 1.68. The lowest BCUT2D eigenvalue weighted by Crippen LogP contribution is -2.27. The van der Waals surface area contributed by atoms with Crippen LogP contribution in [0.4, 0.5) is 0 Å². The topological polar surface area (TPSA) is 35.8 Å². The van der Waals surface area contributed by atoms with E-state index in [1.54, 1.807) is 0 Å². The van der Waals surface area contributed by atoms with E-state index in [1.165, 1.54) is 11.1 Å². The number of benzene rings is 1. The zero-order chi connectivity index (χ0) is 11.4. The van der Waals surface area contributed by atoms with E-state index in [4.69, 9.17) is 5.26 Å². The van der Waals surface area contributed by atoms with Crippen LogP contribution >= 0.6 is 0 Å². The van der Waals surface area contributed by atoms with Gasteiger partial charge in [-0.15, -0.1) is 0 Å². The second-order valence-electron chi connectivity index (χ2n) is 4.24. The molecule has 0 saturated heterocycles. The van der Waals surface area contributed by atoms with Crippen molar-refractivity contribution in [3.8, 4) is 6.07 Å². The highest BCUT2D eigenvalue weighted by molar-refractivity contribution is 5.35. The zero-order valence-electron chi connectivity index (χ0n) is 9.83. The van der Waals surface area contributed by atoms with Gasteiger partial charge in [0.25, 0.3) is 0 Å². The number of hydrogen-bond acceptors (Lipinski definition) is 2. The van der Waals surface area contributed by atoms with E-state index in [0.29, 0.717) is 6.04 Å². The van der Waals surface area contributed by atoms with E-state index in [9.17, 15) is 0 Å². The molecular weight excluding hydrogens is 184 g/mol. The summed E-state index contributed by atoms with van der Waals surface area (Å²) >= 11 is 0. The molecule has 0 aromatic heterocycles. The zero-order valence-corrected chi connectivity index (χ0v) is 9.83. The van der Waals surface area contributed by atoms with Gasteiger partial charge in [0.15, 0.2) is 0 Å². The monoisotopic (exact) mass is 202 g/mol. The molecule has 1 N–H and O–H groups in total. The van der Waals surface area contributed by atoms with Gasteiger partial charge in [0, 0.05) is 6.04 Å². The Bertz CT molecular complexity index is 375. The Kier molecular flexibility index (Phi) is 3.88. The van der Waals surface area contributed by atoms with E-state index in [0.717, 1.165) is 5.56 Å². The summed E-state index contributed by atoms with van der Waals surface area (Å²) in [6.07, 6.45) is 0. The normalized spacial score (nSPS) is 12.5. The van der Waals surface area contributed by atoms with Gasteiger partial charge in [-0.1, -0.05) is 23.8 Å². The van der Waals surface area contributed by atoms with Crippen molar-refractivity contribution in [2.24, 2.45) is 0 Å². The standard InChI is InChI=1S/C13H18N2/c1-9(2)15-13(8-14)12-6-5-10(3)7-11(12)4/h5-7,9,13,15H,1-4H3. The van der Waals surface area contributed by atoms with Gasteiger partial charge >= 0.3 is 0 Å². The van der Waals surface area contributed by atoms with Crippen molar-refractivity contribution in [1.29, 1.82) is 5.26 Å².